The summed E-state index contributed by atoms with van der Waals surface area (Å²) < 4.78 is 7.14. The van der Waals surface area contributed by atoms with Gasteiger partial charge in [-0.1, -0.05) is 18.2 Å². The molecule has 0 aliphatic heterocycles. The Hall–Kier alpha value is -3.42. The number of hydrogen-bond donors (Lipinski definition) is 2. The Morgan fingerprint density at radius 1 is 1.15 bits per heavy atom. The van der Waals surface area contributed by atoms with Gasteiger partial charge in [0.15, 0.2) is 12.3 Å². The Labute approximate surface area is 150 Å². The van der Waals surface area contributed by atoms with Crippen molar-refractivity contribution in [2.75, 3.05) is 6.61 Å². The van der Waals surface area contributed by atoms with Crippen LogP contribution < -0.4 is 15.6 Å². The minimum absolute atomic E-state index is 0.283. The van der Waals surface area contributed by atoms with Crippen LogP contribution in [0.5, 0.6) is 5.88 Å². The van der Waals surface area contributed by atoms with Crippen LogP contribution in [0.15, 0.2) is 36.4 Å². The molecule has 2 N–H and O–H groups in total. The van der Waals surface area contributed by atoms with E-state index in [0.29, 0.717) is 17.1 Å². The highest BCUT2D eigenvalue weighted by Crippen LogP contribution is 2.26. The van der Waals surface area contributed by atoms with E-state index in [1.807, 2.05) is 19.9 Å². The monoisotopic (exact) mass is 353 g/mol. The second kappa shape index (κ2) is 7.22. The first kappa shape index (κ1) is 17.4. The van der Waals surface area contributed by atoms with Crippen LogP contribution >= 0.6 is 0 Å². The molecule has 0 unspecified atom stereocenters. The van der Waals surface area contributed by atoms with Crippen molar-refractivity contribution < 1.29 is 14.3 Å². The lowest BCUT2D eigenvalue weighted by molar-refractivity contribution is -0.123. The Morgan fingerprint density at radius 2 is 1.88 bits per heavy atom. The maximum atomic E-state index is 11.9. The lowest BCUT2D eigenvalue weighted by Gasteiger charge is -2.08. The second-order valence-electron chi connectivity index (χ2n) is 5.86. The normalized spacial score (nSPS) is 10.6. The van der Waals surface area contributed by atoms with Crippen LogP contribution in [0.4, 0.5) is 0 Å². The van der Waals surface area contributed by atoms with Gasteiger partial charge in [0.05, 0.1) is 5.39 Å². The number of rotatable bonds is 4. The van der Waals surface area contributed by atoms with E-state index < -0.39 is 11.8 Å². The van der Waals surface area contributed by atoms with Crippen molar-refractivity contribution in [1.29, 1.82) is 0 Å². The molecule has 0 radical (unpaired) electrons. The molecule has 0 saturated carbocycles. The van der Waals surface area contributed by atoms with Crippen molar-refractivity contribution >= 4 is 22.8 Å². The molecule has 26 heavy (non-hydrogen) atoms. The molecule has 3 rings (SSSR count). The largest absolute Gasteiger partial charge is 0.466 e. The fourth-order valence-electron chi connectivity index (χ4n) is 2.61. The molecule has 0 atom stereocenters. The molecule has 8 heteroatoms. The van der Waals surface area contributed by atoms with Gasteiger partial charge in [-0.2, -0.15) is 0 Å². The second-order valence-corrected chi connectivity index (χ2v) is 5.86. The fourth-order valence-corrected chi connectivity index (χ4v) is 2.61. The number of carbonyl (C=O) groups is 2. The topological polar surface area (TPSA) is 98.1 Å². The number of ether oxygens (including phenoxy) is 1. The van der Waals surface area contributed by atoms with Gasteiger partial charge in [-0.05, 0) is 37.6 Å². The molecule has 0 aliphatic carbocycles. The third-order valence-corrected chi connectivity index (χ3v) is 3.78. The maximum Gasteiger partial charge on any atom is 0.276 e. The molecular weight excluding hydrogens is 334 g/mol. The van der Waals surface area contributed by atoms with Crippen LogP contribution in [-0.4, -0.2) is 33.2 Å². The van der Waals surface area contributed by atoms with Crippen LogP contribution in [0, 0.1) is 13.8 Å². The summed E-state index contributed by atoms with van der Waals surface area (Å²) in [5.74, 6) is -0.569. The Morgan fingerprint density at radius 3 is 2.62 bits per heavy atom. The number of aryl methyl sites for hydroxylation is 3. The molecule has 2 amide bonds. The van der Waals surface area contributed by atoms with Crippen LogP contribution in [0.3, 0.4) is 0 Å². The standard InChI is InChI=1S/C18H19N5O3/c1-11-9-12(2)19-16-15(11)18(22-23(16)3)26-10-14(24)20-21-17(25)13-7-5-4-6-8-13/h4-9H,10H2,1-3H3,(H,20,24)(H,21,25). The van der Waals surface area contributed by atoms with E-state index in [2.05, 4.69) is 20.9 Å². The predicted molar refractivity (Wildman–Crippen MR) is 95.5 cm³/mol. The number of nitrogens with zero attached hydrogens (tertiary/aromatic N) is 3. The number of benzene rings is 1. The molecule has 8 nitrogen and oxygen atoms in total. The summed E-state index contributed by atoms with van der Waals surface area (Å²) >= 11 is 0. The molecular formula is C18H19N5O3. The van der Waals surface area contributed by atoms with Gasteiger partial charge in [-0.15, -0.1) is 5.10 Å². The lowest BCUT2D eigenvalue weighted by Crippen LogP contribution is -2.43. The van der Waals surface area contributed by atoms with Gasteiger partial charge >= 0.3 is 0 Å². The molecule has 0 bridgehead atoms. The number of carbonyl (C=O) groups excluding carboxylic acids is 2. The van der Waals surface area contributed by atoms with Crippen molar-refractivity contribution in [3.05, 3.63) is 53.2 Å². The van der Waals surface area contributed by atoms with E-state index in [1.165, 1.54) is 0 Å². The van der Waals surface area contributed by atoms with E-state index in [1.54, 1.807) is 42.1 Å². The first-order valence-corrected chi connectivity index (χ1v) is 8.03. The number of hydrazine groups is 1. The summed E-state index contributed by atoms with van der Waals surface area (Å²) in [6.45, 7) is 3.56. The zero-order valence-corrected chi connectivity index (χ0v) is 14.7. The molecule has 3 aromatic rings. The molecule has 2 heterocycles. The van der Waals surface area contributed by atoms with Crippen LogP contribution in [-0.2, 0) is 11.8 Å². The minimum atomic E-state index is -0.495. The predicted octanol–water partition coefficient (Wildman–Crippen LogP) is 1.43. The number of fused-ring (bicyclic) bond motifs is 1. The summed E-state index contributed by atoms with van der Waals surface area (Å²) in [4.78, 5) is 28.3. The third kappa shape index (κ3) is 3.64. The lowest BCUT2D eigenvalue weighted by atomic mass is 10.2. The van der Waals surface area contributed by atoms with Crippen LogP contribution in [0.2, 0.25) is 0 Å². The van der Waals surface area contributed by atoms with Crippen molar-refractivity contribution in [2.45, 2.75) is 13.8 Å². The highest BCUT2D eigenvalue weighted by molar-refractivity contribution is 5.95. The van der Waals surface area contributed by atoms with Crippen molar-refractivity contribution in [1.82, 2.24) is 25.6 Å². The quantitative estimate of drug-likeness (QED) is 0.692. The van der Waals surface area contributed by atoms with Gasteiger partial charge < -0.3 is 4.74 Å². The summed E-state index contributed by atoms with van der Waals surface area (Å²) in [6.07, 6.45) is 0. The first-order valence-electron chi connectivity index (χ1n) is 8.03. The zero-order chi connectivity index (χ0) is 18.7. The molecule has 2 aromatic heterocycles. The van der Waals surface area contributed by atoms with Gasteiger partial charge in [-0.25, -0.2) is 9.67 Å². The zero-order valence-electron chi connectivity index (χ0n) is 14.7. The SMILES string of the molecule is Cc1cc(C)c2c(OCC(=O)NNC(=O)c3ccccc3)nn(C)c2n1. The number of nitrogens with one attached hydrogen (secondary N) is 2. The molecule has 0 saturated heterocycles. The van der Waals surface area contributed by atoms with Gasteiger partial charge in [0, 0.05) is 18.3 Å². The summed E-state index contributed by atoms with van der Waals surface area (Å²) in [5.41, 5.74) is 7.64. The maximum absolute atomic E-state index is 11.9. The van der Waals surface area contributed by atoms with E-state index >= 15 is 0 Å². The highest BCUT2D eigenvalue weighted by Gasteiger charge is 2.16. The van der Waals surface area contributed by atoms with Crippen molar-refractivity contribution in [3.63, 3.8) is 0 Å². The highest BCUT2D eigenvalue weighted by atomic mass is 16.5. The van der Waals surface area contributed by atoms with E-state index in [9.17, 15) is 9.59 Å². The average Bonchev–Trinajstić information content (AvgIpc) is 2.94. The van der Waals surface area contributed by atoms with Gasteiger partial charge in [0.1, 0.15) is 0 Å². The summed E-state index contributed by atoms with van der Waals surface area (Å²) in [6, 6.07) is 10.5. The number of amides is 2. The van der Waals surface area contributed by atoms with Gasteiger partial charge in [0.2, 0.25) is 5.88 Å². The van der Waals surface area contributed by atoms with E-state index in [-0.39, 0.29) is 6.61 Å². The smallest absolute Gasteiger partial charge is 0.276 e. The summed E-state index contributed by atoms with van der Waals surface area (Å²) in [7, 11) is 1.77. The molecule has 0 aliphatic rings. The third-order valence-electron chi connectivity index (χ3n) is 3.78. The Balaban J connectivity index is 1.62. The number of aromatic nitrogens is 3. The number of pyridine rings is 1. The first-order chi connectivity index (χ1) is 12.5. The van der Waals surface area contributed by atoms with Crippen LogP contribution in [0.1, 0.15) is 21.6 Å². The molecule has 134 valence electrons. The van der Waals surface area contributed by atoms with Gasteiger partial charge in [0.25, 0.3) is 11.8 Å². The number of hydrogen-bond acceptors (Lipinski definition) is 5. The average molecular weight is 353 g/mol. The Kier molecular flexibility index (Phi) is 4.83. The van der Waals surface area contributed by atoms with Crippen LogP contribution in [0.25, 0.3) is 11.0 Å². The summed E-state index contributed by atoms with van der Waals surface area (Å²) in [5, 5.41) is 5.03. The fraction of sp³-hybridized carbons (Fsp3) is 0.222. The Bertz CT molecular complexity index is 966. The van der Waals surface area contributed by atoms with Crippen molar-refractivity contribution in [3.8, 4) is 5.88 Å². The van der Waals surface area contributed by atoms with E-state index in [4.69, 9.17) is 4.74 Å². The molecule has 1 aromatic carbocycles. The van der Waals surface area contributed by atoms with Gasteiger partial charge in [-0.3, -0.25) is 20.4 Å². The molecule has 0 fully saturated rings. The van der Waals surface area contributed by atoms with Crippen molar-refractivity contribution in [2.24, 2.45) is 7.05 Å². The minimum Gasteiger partial charge on any atom is -0.466 e. The molecule has 0 spiro atoms. The van der Waals surface area contributed by atoms with E-state index in [0.717, 1.165) is 16.6 Å².